The van der Waals surface area contributed by atoms with Crippen molar-refractivity contribution in [2.24, 2.45) is 0 Å². The maximum atomic E-state index is 12.8. The van der Waals surface area contributed by atoms with E-state index >= 15 is 0 Å². The summed E-state index contributed by atoms with van der Waals surface area (Å²) in [4.78, 5) is 27.1. The number of rotatable bonds is 3. The number of fused-ring (bicyclic) bond motifs is 1. The van der Waals surface area contributed by atoms with Gasteiger partial charge in [-0.3, -0.25) is 9.59 Å². The molecule has 1 amide bonds. The summed E-state index contributed by atoms with van der Waals surface area (Å²) in [6.45, 7) is 2.72. The third-order valence-corrected chi connectivity index (χ3v) is 4.83. The monoisotopic (exact) mass is 337 g/mol. The van der Waals surface area contributed by atoms with Crippen LogP contribution >= 0.6 is 0 Å². The van der Waals surface area contributed by atoms with Gasteiger partial charge in [0, 0.05) is 6.54 Å². The molecule has 1 aliphatic rings. The molecule has 0 N–H and O–H groups in total. The average molecular weight is 337 g/mol. The van der Waals surface area contributed by atoms with E-state index in [1.165, 1.54) is 26.7 Å². The zero-order chi connectivity index (χ0) is 17.4. The SMILES string of the molecule is Cc1ccccc1C1CCCN1C(=O)Cn1ncn2nccc2c1=O. The predicted octanol–water partition coefficient (Wildman–Crippen LogP) is 1.56. The average Bonchev–Trinajstić information content (AvgIpc) is 3.27. The number of benzene rings is 1. The van der Waals surface area contributed by atoms with Crippen molar-refractivity contribution < 1.29 is 4.79 Å². The lowest BCUT2D eigenvalue weighted by atomic mass is 9.99. The Kier molecular flexibility index (Phi) is 3.83. The lowest BCUT2D eigenvalue weighted by molar-refractivity contribution is -0.133. The molecule has 1 fully saturated rings. The molecule has 7 nitrogen and oxygen atoms in total. The van der Waals surface area contributed by atoms with E-state index < -0.39 is 0 Å². The molecule has 1 aliphatic heterocycles. The Bertz CT molecular complexity index is 990. The molecule has 25 heavy (non-hydrogen) atoms. The summed E-state index contributed by atoms with van der Waals surface area (Å²) in [6.07, 6.45) is 4.90. The van der Waals surface area contributed by atoms with E-state index in [2.05, 4.69) is 29.3 Å². The van der Waals surface area contributed by atoms with E-state index in [1.807, 2.05) is 17.0 Å². The molecule has 1 unspecified atom stereocenters. The second-order valence-corrected chi connectivity index (χ2v) is 6.36. The molecule has 128 valence electrons. The van der Waals surface area contributed by atoms with Crippen LogP contribution in [0.2, 0.25) is 0 Å². The highest BCUT2D eigenvalue weighted by molar-refractivity contribution is 5.77. The number of likely N-dealkylation sites (tertiary alicyclic amines) is 1. The second-order valence-electron chi connectivity index (χ2n) is 6.36. The van der Waals surface area contributed by atoms with Crippen molar-refractivity contribution in [1.29, 1.82) is 0 Å². The van der Waals surface area contributed by atoms with Crippen LogP contribution in [0.4, 0.5) is 0 Å². The molecule has 4 rings (SSSR count). The van der Waals surface area contributed by atoms with Crippen LogP contribution in [0.5, 0.6) is 0 Å². The molecule has 1 aromatic carbocycles. The molecular formula is C18H19N5O2. The van der Waals surface area contributed by atoms with Gasteiger partial charge in [0.25, 0.3) is 5.56 Å². The van der Waals surface area contributed by atoms with E-state index in [1.54, 1.807) is 12.3 Å². The first-order valence-electron chi connectivity index (χ1n) is 8.39. The first kappa shape index (κ1) is 15.6. The van der Waals surface area contributed by atoms with Gasteiger partial charge in [-0.05, 0) is 37.0 Å². The fraction of sp³-hybridized carbons (Fsp3) is 0.333. The van der Waals surface area contributed by atoms with Gasteiger partial charge < -0.3 is 4.90 Å². The van der Waals surface area contributed by atoms with Gasteiger partial charge in [-0.15, -0.1) is 0 Å². The van der Waals surface area contributed by atoms with Crippen molar-refractivity contribution in [2.75, 3.05) is 6.54 Å². The number of aryl methyl sites for hydroxylation is 1. The summed E-state index contributed by atoms with van der Waals surface area (Å²) < 4.78 is 2.63. The highest BCUT2D eigenvalue weighted by atomic mass is 16.2. The van der Waals surface area contributed by atoms with Gasteiger partial charge in [0.2, 0.25) is 5.91 Å². The molecule has 0 radical (unpaired) electrons. The number of aromatic nitrogens is 4. The van der Waals surface area contributed by atoms with Crippen molar-refractivity contribution in [3.63, 3.8) is 0 Å². The third-order valence-electron chi connectivity index (χ3n) is 4.83. The standard InChI is InChI=1S/C18H19N5O2/c1-13-5-2-3-6-14(13)15-7-4-10-21(15)17(24)11-22-18(25)16-8-9-19-23(16)12-20-22/h2-3,5-6,8-9,12,15H,4,7,10-11H2,1H3. The lowest BCUT2D eigenvalue weighted by Crippen LogP contribution is -2.37. The molecule has 0 bridgehead atoms. The molecular weight excluding hydrogens is 318 g/mol. The van der Waals surface area contributed by atoms with Gasteiger partial charge in [0.05, 0.1) is 12.2 Å². The molecule has 1 saturated heterocycles. The summed E-state index contributed by atoms with van der Waals surface area (Å²) in [7, 11) is 0. The predicted molar refractivity (Wildman–Crippen MR) is 92.1 cm³/mol. The number of carbonyl (C=O) groups is 1. The van der Waals surface area contributed by atoms with Crippen LogP contribution in [-0.2, 0) is 11.3 Å². The Morgan fingerprint density at radius 2 is 2.08 bits per heavy atom. The lowest BCUT2D eigenvalue weighted by Gasteiger charge is -2.26. The van der Waals surface area contributed by atoms with E-state index in [0.29, 0.717) is 12.1 Å². The van der Waals surface area contributed by atoms with Crippen LogP contribution < -0.4 is 5.56 Å². The van der Waals surface area contributed by atoms with Gasteiger partial charge in [-0.2, -0.15) is 10.2 Å². The van der Waals surface area contributed by atoms with Crippen LogP contribution in [0.25, 0.3) is 5.52 Å². The van der Waals surface area contributed by atoms with Crippen molar-refractivity contribution >= 4 is 11.4 Å². The summed E-state index contributed by atoms with van der Waals surface area (Å²) in [5.74, 6) is -0.0794. The molecule has 3 heterocycles. The summed E-state index contributed by atoms with van der Waals surface area (Å²) in [5, 5.41) is 8.05. The molecule has 1 atom stereocenters. The highest BCUT2D eigenvalue weighted by Crippen LogP contribution is 2.33. The number of nitrogens with zero attached hydrogens (tertiary/aromatic N) is 5. The van der Waals surface area contributed by atoms with Crippen molar-refractivity contribution in [3.8, 4) is 0 Å². The topological polar surface area (TPSA) is 72.5 Å². The maximum Gasteiger partial charge on any atom is 0.293 e. The molecule has 7 heteroatoms. The minimum absolute atomic E-state index is 0.0527. The molecule has 0 saturated carbocycles. The first-order valence-corrected chi connectivity index (χ1v) is 8.39. The number of carbonyl (C=O) groups excluding carboxylic acids is 1. The summed E-state index contributed by atoms with van der Waals surface area (Å²) in [5.41, 5.74) is 2.47. The van der Waals surface area contributed by atoms with Crippen molar-refractivity contribution in [2.45, 2.75) is 32.4 Å². The van der Waals surface area contributed by atoms with Crippen LogP contribution in [-0.4, -0.2) is 36.7 Å². The Morgan fingerprint density at radius 1 is 1.24 bits per heavy atom. The smallest absolute Gasteiger partial charge is 0.293 e. The second kappa shape index (κ2) is 6.16. The van der Waals surface area contributed by atoms with Gasteiger partial charge in [-0.25, -0.2) is 9.20 Å². The van der Waals surface area contributed by atoms with E-state index in [9.17, 15) is 9.59 Å². The molecule has 2 aromatic heterocycles. The van der Waals surface area contributed by atoms with Crippen LogP contribution in [0, 0.1) is 6.92 Å². The van der Waals surface area contributed by atoms with E-state index in [-0.39, 0.29) is 24.1 Å². The van der Waals surface area contributed by atoms with Crippen LogP contribution in [0.15, 0.2) is 47.7 Å². The minimum Gasteiger partial charge on any atom is -0.334 e. The molecule has 0 aliphatic carbocycles. The molecule has 0 spiro atoms. The van der Waals surface area contributed by atoms with E-state index in [0.717, 1.165) is 12.8 Å². The van der Waals surface area contributed by atoms with Crippen LogP contribution in [0.3, 0.4) is 0 Å². The summed E-state index contributed by atoms with van der Waals surface area (Å²) >= 11 is 0. The maximum absolute atomic E-state index is 12.8. The Morgan fingerprint density at radius 3 is 2.92 bits per heavy atom. The Hall–Kier alpha value is -2.96. The van der Waals surface area contributed by atoms with Gasteiger partial charge in [-0.1, -0.05) is 24.3 Å². The largest absolute Gasteiger partial charge is 0.334 e. The molecule has 3 aromatic rings. The quantitative estimate of drug-likeness (QED) is 0.727. The zero-order valence-corrected chi connectivity index (χ0v) is 14.0. The van der Waals surface area contributed by atoms with Gasteiger partial charge in [0.1, 0.15) is 18.4 Å². The highest BCUT2D eigenvalue weighted by Gasteiger charge is 2.31. The van der Waals surface area contributed by atoms with Gasteiger partial charge in [0.15, 0.2) is 0 Å². The number of hydrogen-bond acceptors (Lipinski definition) is 4. The fourth-order valence-corrected chi connectivity index (χ4v) is 3.55. The van der Waals surface area contributed by atoms with Crippen molar-refractivity contribution in [1.82, 2.24) is 24.3 Å². The van der Waals surface area contributed by atoms with Gasteiger partial charge >= 0.3 is 0 Å². The Labute approximate surface area is 144 Å². The van der Waals surface area contributed by atoms with Crippen molar-refractivity contribution in [3.05, 3.63) is 64.3 Å². The fourth-order valence-electron chi connectivity index (χ4n) is 3.55. The summed E-state index contributed by atoms with van der Waals surface area (Å²) in [6, 6.07) is 9.84. The normalized spacial score (nSPS) is 17.3. The zero-order valence-electron chi connectivity index (χ0n) is 14.0. The third kappa shape index (κ3) is 2.71. The van der Waals surface area contributed by atoms with Crippen LogP contribution in [0.1, 0.15) is 30.0 Å². The Balaban J connectivity index is 1.60. The first-order chi connectivity index (χ1) is 12.1. The number of amides is 1. The number of hydrogen-bond donors (Lipinski definition) is 0. The van der Waals surface area contributed by atoms with E-state index in [4.69, 9.17) is 0 Å². The minimum atomic E-state index is -0.306.